The molecule has 0 aromatic carbocycles. The van der Waals surface area contributed by atoms with Crippen molar-refractivity contribution in [3.8, 4) is 6.07 Å². The van der Waals surface area contributed by atoms with Crippen LogP contribution in [0.1, 0.15) is 32.2 Å². The molecule has 10 heteroatoms. The van der Waals surface area contributed by atoms with Gasteiger partial charge < -0.3 is 20.4 Å². The van der Waals surface area contributed by atoms with Gasteiger partial charge in [-0.25, -0.2) is 9.78 Å². The summed E-state index contributed by atoms with van der Waals surface area (Å²) >= 11 is 0. The van der Waals surface area contributed by atoms with E-state index in [1.54, 1.807) is 4.90 Å². The molecule has 3 rings (SSSR count). The average molecular weight is 412 g/mol. The second kappa shape index (κ2) is 8.57. The number of carbonyl (C=O) groups is 1. The summed E-state index contributed by atoms with van der Waals surface area (Å²) in [7, 11) is 0. The maximum absolute atomic E-state index is 12.6. The molecule has 160 valence electrons. The molecule has 1 aliphatic heterocycles. The van der Waals surface area contributed by atoms with Gasteiger partial charge in [0.05, 0.1) is 11.5 Å². The molecule has 0 aliphatic carbocycles. The summed E-state index contributed by atoms with van der Waals surface area (Å²) in [5, 5.41) is 22.4. The van der Waals surface area contributed by atoms with E-state index in [9.17, 15) is 10.1 Å². The van der Waals surface area contributed by atoms with Crippen molar-refractivity contribution in [3.63, 3.8) is 0 Å². The van der Waals surface area contributed by atoms with Gasteiger partial charge in [0.15, 0.2) is 5.82 Å². The summed E-state index contributed by atoms with van der Waals surface area (Å²) < 4.78 is 0. The van der Waals surface area contributed by atoms with Gasteiger partial charge in [-0.05, 0) is 34.6 Å². The minimum atomic E-state index is -0.622. The number of aryl methyl sites for hydroxylation is 2. The molecule has 0 radical (unpaired) electrons. The number of aromatic nitrogens is 4. The number of amides is 2. The lowest BCUT2D eigenvalue weighted by Gasteiger charge is -2.36. The average Bonchev–Trinajstić information content (AvgIpc) is 3.12. The van der Waals surface area contributed by atoms with Gasteiger partial charge in [-0.3, -0.25) is 5.10 Å². The van der Waals surface area contributed by atoms with Crippen LogP contribution >= 0.6 is 0 Å². The minimum Gasteiger partial charge on any atom is -0.337 e. The van der Waals surface area contributed by atoms with Crippen LogP contribution in [-0.4, -0.2) is 63.3 Å². The molecule has 10 nitrogen and oxygen atoms in total. The van der Waals surface area contributed by atoms with Gasteiger partial charge in [0, 0.05) is 55.7 Å². The highest BCUT2D eigenvalue weighted by atomic mass is 16.2. The normalized spacial score (nSPS) is 15.5. The number of urea groups is 1. The van der Waals surface area contributed by atoms with Crippen molar-refractivity contribution in [2.45, 2.75) is 40.7 Å². The van der Waals surface area contributed by atoms with E-state index in [1.165, 1.54) is 0 Å². The van der Waals surface area contributed by atoms with Crippen molar-refractivity contribution in [1.82, 2.24) is 30.4 Å². The first-order valence-electron chi connectivity index (χ1n) is 10.0. The standard InChI is InChI=1S/C20H29N9O/c1-13-10-16(24-17-11-14(2)26-27-17)25-18(22-13)28-6-8-29(9-7-28)19(30)23-15(3)20(4,5)12-21/h10-11,15H,6-9H2,1-5H3,(H,23,30)(H2,22,24,25,26,27). The monoisotopic (exact) mass is 411 g/mol. The van der Waals surface area contributed by atoms with Crippen molar-refractivity contribution >= 4 is 23.6 Å². The zero-order chi connectivity index (χ0) is 21.9. The lowest BCUT2D eigenvalue weighted by molar-refractivity contribution is 0.183. The van der Waals surface area contributed by atoms with Crippen molar-refractivity contribution < 1.29 is 4.79 Å². The van der Waals surface area contributed by atoms with E-state index in [0.717, 1.165) is 11.4 Å². The maximum Gasteiger partial charge on any atom is 0.317 e. The number of hydrogen-bond donors (Lipinski definition) is 3. The number of hydrogen-bond acceptors (Lipinski definition) is 7. The van der Waals surface area contributed by atoms with Crippen molar-refractivity contribution in [1.29, 1.82) is 5.26 Å². The van der Waals surface area contributed by atoms with Crippen LogP contribution in [0, 0.1) is 30.6 Å². The molecule has 1 aliphatic rings. The predicted molar refractivity (Wildman–Crippen MR) is 115 cm³/mol. The summed E-state index contributed by atoms with van der Waals surface area (Å²) in [6.07, 6.45) is 0. The van der Waals surface area contributed by atoms with E-state index in [4.69, 9.17) is 0 Å². The molecule has 2 aromatic rings. The van der Waals surface area contributed by atoms with E-state index in [1.807, 2.05) is 46.8 Å². The number of rotatable bonds is 5. The molecule has 2 amide bonds. The first kappa shape index (κ1) is 21.4. The Morgan fingerprint density at radius 3 is 2.50 bits per heavy atom. The van der Waals surface area contributed by atoms with Gasteiger partial charge in [-0.2, -0.15) is 15.3 Å². The molecule has 3 N–H and O–H groups in total. The van der Waals surface area contributed by atoms with Crippen LogP contribution in [0.5, 0.6) is 0 Å². The van der Waals surface area contributed by atoms with E-state index in [-0.39, 0.29) is 12.1 Å². The van der Waals surface area contributed by atoms with Crippen molar-refractivity contribution in [3.05, 3.63) is 23.5 Å². The molecule has 2 aromatic heterocycles. The minimum absolute atomic E-state index is 0.146. The second-order valence-corrected chi connectivity index (χ2v) is 8.23. The summed E-state index contributed by atoms with van der Waals surface area (Å²) in [5.41, 5.74) is 1.19. The van der Waals surface area contributed by atoms with Crippen LogP contribution in [0.25, 0.3) is 0 Å². The highest BCUT2D eigenvalue weighted by Crippen LogP contribution is 2.20. The number of nitriles is 1. The third-order valence-corrected chi connectivity index (χ3v) is 5.36. The number of anilines is 3. The van der Waals surface area contributed by atoms with E-state index >= 15 is 0 Å². The number of nitrogens with zero attached hydrogens (tertiary/aromatic N) is 6. The van der Waals surface area contributed by atoms with Gasteiger partial charge in [0.25, 0.3) is 0 Å². The van der Waals surface area contributed by atoms with Crippen molar-refractivity contribution in [2.24, 2.45) is 5.41 Å². The quantitative estimate of drug-likeness (QED) is 0.689. The van der Waals surface area contributed by atoms with Gasteiger partial charge in [-0.1, -0.05) is 0 Å². The van der Waals surface area contributed by atoms with Crippen LogP contribution in [0.15, 0.2) is 12.1 Å². The Kier molecular flexibility index (Phi) is 6.10. The SMILES string of the molecule is Cc1cc(Nc2cc(C)[nH]n2)nc(N2CCN(C(=O)NC(C)C(C)(C)C#N)CC2)n1. The van der Waals surface area contributed by atoms with Crippen LogP contribution in [0.4, 0.5) is 22.4 Å². The Morgan fingerprint density at radius 1 is 1.20 bits per heavy atom. The number of piperazine rings is 1. The van der Waals surface area contributed by atoms with Gasteiger partial charge in [0.1, 0.15) is 5.82 Å². The molecule has 1 unspecified atom stereocenters. The summed E-state index contributed by atoms with van der Waals surface area (Å²) in [6, 6.07) is 5.62. The van der Waals surface area contributed by atoms with E-state index < -0.39 is 5.41 Å². The number of nitrogens with one attached hydrogen (secondary N) is 3. The Labute approximate surface area is 176 Å². The smallest absolute Gasteiger partial charge is 0.317 e. The maximum atomic E-state index is 12.6. The Balaban J connectivity index is 1.61. The van der Waals surface area contributed by atoms with E-state index in [0.29, 0.717) is 43.8 Å². The highest BCUT2D eigenvalue weighted by molar-refractivity contribution is 5.75. The highest BCUT2D eigenvalue weighted by Gasteiger charge is 2.30. The summed E-state index contributed by atoms with van der Waals surface area (Å²) in [6.45, 7) is 11.7. The molecule has 1 saturated heterocycles. The van der Waals surface area contributed by atoms with Crippen LogP contribution in [-0.2, 0) is 0 Å². The fraction of sp³-hybridized carbons (Fsp3) is 0.550. The first-order valence-corrected chi connectivity index (χ1v) is 10.0. The van der Waals surface area contributed by atoms with Crippen LogP contribution in [0.3, 0.4) is 0 Å². The Bertz CT molecular complexity index is 938. The lowest BCUT2D eigenvalue weighted by atomic mass is 9.87. The summed E-state index contributed by atoms with van der Waals surface area (Å²) in [5.74, 6) is 2.01. The fourth-order valence-electron chi connectivity index (χ4n) is 3.03. The zero-order valence-corrected chi connectivity index (χ0v) is 18.2. The van der Waals surface area contributed by atoms with Gasteiger partial charge >= 0.3 is 6.03 Å². The molecule has 0 spiro atoms. The van der Waals surface area contributed by atoms with Gasteiger partial charge in [-0.15, -0.1) is 0 Å². The number of H-pyrrole nitrogens is 1. The Morgan fingerprint density at radius 2 is 1.90 bits per heavy atom. The van der Waals surface area contributed by atoms with Gasteiger partial charge in [0.2, 0.25) is 5.95 Å². The Hall–Kier alpha value is -3.35. The molecule has 0 saturated carbocycles. The molecule has 0 bridgehead atoms. The molecular weight excluding hydrogens is 382 g/mol. The molecule has 1 atom stereocenters. The lowest BCUT2D eigenvalue weighted by Crippen LogP contribution is -2.55. The number of carbonyl (C=O) groups excluding carboxylic acids is 1. The van der Waals surface area contributed by atoms with E-state index in [2.05, 4.69) is 41.8 Å². The largest absolute Gasteiger partial charge is 0.337 e. The van der Waals surface area contributed by atoms with Crippen LogP contribution < -0.4 is 15.5 Å². The zero-order valence-electron chi connectivity index (χ0n) is 18.2. The van der Waals surface area contributed by atoms with Crippen molar-refractivity contribution in [2.75, 3.05) is 36.4 Å². The third-order valence-electron chi connectivity index (χ3n) is 5.36. The van der Waals surface area contributed by atoms with Crippen LogP contribution in [0.2, 0.25) is 0 Å². The predicted octanol–water partition coefficient (Wildman–Crippen LogP) is 2.33. The molecule has 1 fully saturated rings. The summed E-state index contributed by atoms with van der Waals surface area (Å²) in [4.78, 5) is 25.6. The third kappa shape index (κ3) is 4.97. The topological polar surface area (TPSA) is 126 Å². The number of aromatic amines is 1. The fourth-order valence-corrected chi connectivity index (χ4v) is 3.03. The molecule has 3 heterocycles. The molecular formula is C20H29N9O. The first-order chi connectivity index (χ1) is 14.2. The molecule has 30 heavy (non-hydrogen) atoms. The second-order valence-electron chi connectivity index (χ2n) is 8.23.